The van der Waals surface area contributed by atoms with Gasteiger partial charge in [0, 0.05) is 30.4 Å². The van der Waals surface area contributed by atoms with Gasteiger partial charge in [-0.2, -0.15) is 0 Å². The summed E-state index contributed by atoms with van der Waals surface area (Å²) >= 11 is 0. The van der Waals surface area contributed by atoms with E-state index in [1.807, 2.05) is 12.3 Å². The van der Waals surface area contributed by atoms with Crippen molar-refractivity contribution in [2.45, 2.75) is 13.3 Å². The van der Waals surface area contributed by atoms with Crippen LogP contribution in [0.3, 0.4) is 0 Å². The van der Waals surface area contributed by atoms with Gasteiger partial charge >= 0.3 is 0 Å². The largest absolute Gasteiger partial charge is 0.384 e. The highest BCUT2D eigenvalue weighted by Gasteiger charge is 2.14. The van der Waals surface area contributed by atoms with Crippen LogP contribution in [0.5, 0.6) is 0 Å². The predicted octanol–water partition coefficient (Wildman–Crippen LogP) is 4.21. The number of anilines is 2. The number of nitrogens with two attached hydrogens (primary N) is 1. The van der Waals surface area contributed by atoms with Crippen LogP contribution in [0.15, 0.2) is 54.7 Å². The number of rotatable bonds is 4. The van der Waals surface area contributed by atoms with E-state index >= 15 is 0 Å². The minimum Gasteiger partial charge on any atom is -0.384 e. The fraction of sp³-hybridized carbons (Fsp3) is 0.273. The fourth-order valence-electron chi connectivity index (χ4n) is 3.53. The first-order valence-electron chi connectivity index (χ1n) is 9.40. The summed E-state index contributed by atoms with van der Waals surface area (Å²) < 4.78 is 5.42. The Morgan fingerprint density at radius 3 is 2.39 bits per heavy atom. The third-order valence-corrected chi connectivity index (χ3v) is 4.94. The molecule has 28 heavy (non-hydrogen) atoms. The van der Waals surface area contributed by atoms with Crippen molar-refractivity contribution in [3.63, 3.8) is 0 Å². The Morgan fingerprint density at radius 2 is 1.71 bits per heavy atom. The van der Waals surface area contributed by atoms with Gasteiger partial charge in [0.1, 0.15) is 11.6 Å². The van der Waals surface area contributed by atoms with Crippen molar-refractivity contribution in [2.24, 2.45) is 0 Å². The third-order valence-electron chi connectivity index (χ3n) is 4.94. The van der Waals surface area contributed by atoms with Crippen LogP contribution < -0.4 is 10.6 Å². The summed E-state index contributed by atoms with van der Waals surface area (Å²) in [4.78, 5) is 11.5. The zero-order valence-corrected chi connectivity index (χ0v) is 16.8. The van der Waals surface area contributed by atoms with Crippen molar-refractivity contribution >= 4 is 24.0 Å². The molecule has 0 spiro atoms. The van der Waals surface area contributed by atoms with Gasteiger partial charge in [-0.15, -0.1) is 12.4 Å². The molecule has 2 N–H and O–H groups in total. The number of ether oxygens (including phenoxy) is 1. The average molecular weight is 397 g/mol. The van der Waals surface area contributed by atoms with Crippen molar-refractivity contribution in [1.82, 2.24) is 9.97 Å². The maximum Gasteiger partial charge on any atom is 0.128 e. The standard InChI is InChI=1S/C22H24N4O.ClH/c1-2-20-19(8-9-21(23)25-20)18-6-4-3-5-17(18)16-7-10-22(24-15-16)26-11-13-27-14-12-26;/h3-10,15H,2,11-14H2,1H3,(H2,23,25);1H. The molecule has 0 atom stereocenters. The van der Waals surface area contributed by atoms with E-state index < -0.39 is 0 Å². The van der Waals surface area contributed by atoms with Gasteiger partial charge in [-0.05, 0) is 41.8 Å². The second-order valence-corrected chi connectivity index (χ2v) is 6.63. The molecule has 0 radical (unpaired) electrons. The number of nitrogens with zero attached hydrogens (tertiary/aromatic N) is 3. The Kier molecular flexibility index (Phi) is 6.49. The van der Waals surface area contributed by atoms with Gasteiger partial charge in [0.2, 0.25) is 0 Å². The van der Waals surface area contributed by atoms with Crippen LogP contribution in [0, 0.1) is 0 Å². The summed E-state index contributed by atoms with van der Waals surface area (Å²) in [5, 5.41) is 0. The Hall–Kier alpha value is -2.63. The lowest BCUT2D eigenvalue weighted by Crippen LogP contribution is -2.36. The number of hydrogen-bond donors (Lipinski definition) is 1. The highest BCUT2D eigenvalue weighted by molar-refractivity contribution is 5.85. The average Bonchev–Trinajstić information content (AvgIpc) is 2.74. The van der Waals surface area contributed by atoms with Crippen molar-refractivity contribution in [1.29, 1.82) is 0 Å². The number of aryl methyl sites for hydroxylation is 1. The summed E-state index contributed by atoms with van der Waals surface area (Å²) in [5.41, 5.74) is 11.4. The molecule has 0 saturated carbocycles. The highest BCUT2D eigenvalue weighted by atomic mass is 35.5. The molecule has 0 aliphatic carbocycles. The lowest BCUT2D eigenvalue weighted by molar-refractivity contribution is 0.122. The fourth-order valence-corrected chi connectivity index (χ4v) is 3.53. The normalized spacial score (nSPS) is 13.8. The van der Waals surface area contributed by atoms with E-state index in [9.17, 15) is 0 Å². The molecule has 146 valence electrons. The molecule has 0 amide bonds. The van der Waals surface area contributed by atoms with Crippen LogP contribution in [-0.2, 0) is 11.2 Å². The van der Waals surface area contributed by atoms with E-state index in [1.165, 1.54) is 0 Å². The molecule has 5 nitrogen and oxygen atoms in total. The molecule has 1 fully saturated rings. The number of aromatic nitrogens is 2. The minimum absolute atomic E-state index is 0. The summed E-state index contributed by atoms with van der Waals surface area (Å²) in [6, 6.07) is 16.6. The SMILES string of the molecule is CCc1nc(N)ccc1-c1ccccc1-c1ccc(N2CCOCC2)nc1.Cl. The minimum atomic E-state index is 0. The maximum atomic E-state index is 5.88. The molecule has 1 aromatic carbocycles. The highest BCUT2D eigenvalue weighted by Crippen LogP contribution is 2.34. The van der Waals surface area contributed by atoms with Gasteiger partial charge < -0.3 is 15.4 Å². The van der Waals surface area contributed by atoms with Crippen LogP contribution in [0.1, 0.15) is 12.6 Å². The van der Waals surface area contributed by atoms with E-state index in [2.05, 4.69) is 59.3 Å². The molecule has 2 aromatic heterocycles. The number of nitrogen functional groups attached to an aromatic ring is 1. The summed E-state index contributed by atoms with van der Waals surface area (Å²) in [5.74, 6) is 1.56. The van der Waals surface area contributed by atoms with Crippen LogP contribution >= 0.6 is 12.4 Å². The van der Waals surface area contributed by atoms with Crippen molar-refractivity contribution < 1.29 is 4.74 Å². The number of benzene rings is 1. The summed E-state index contributed by atoms with van der Waals surface area (Å²) in [6.45, 7) is 5.40. The zero-order chi connectivity index (χ0) is 18.6. The Balaban J connectivity index is 0.00000225. The Labute approximate surface area is 172 Å². The second-order valence-electron chi connectivity index (χ2n) is 6.63. The molecule has 0 unspecified atom stereocenters. The monoisotopic (exact) mass is 396 g/mol. The molecule has 0 bridgehead atoms. The van der Waals surface area contributed by atoms with Crippen molar-refractivity contribution in [3.05, 3.63) is 60.4 Å². The first-order valence-corrected chi connectivity index (χ1v) is 9.40. The number of halogens is 1. The molecule has 4 rings (SSSR count). The maximum absolute atomic E-state index is 5.88. The first-order chi connectivity index (χ1) is 13.3. The number of morpholine rings is 1. The van der Waals surface area contributed by atoms with Crippen LogP contribution in [0.25, 0.3) is 22.3 Å². The molecule has 3 heterocycles. The summed E-state index contributed by atoms with van der Waals surface area (Å²) in [6.07, 6.45) is 2.79. The Bertz CT molecular complexity index is 924. The van der Waals surface area contributed by atoms with Gasteiger partial charge in [0.05, 0.1) is 18.9 Å². The first kappa shape index (κ1) is 20.1. The third kappa shape index (κ3) is 4.11. The van der Waals surface area contributed by atoms with Crippen molar-refractivity contribution in [3.8, 4) is 22.3 Å². The van der Waals surface area contributed by atoms with Crippen LogP contribution in [0.2, 0.25) is 0 Å². The quantitative estimate of drug-likeness (QED) is 0.715. The number of hydrogen-bond acceptors (Lipinski definition) is 5. The molecule has 1 aliphatic heterocycles. The molecule has 1 aliphatic rings. The molecule has 3 aromatic rings. The van der Waals surface area contributed by atoms with Gasteiger partial charge in [-0.25, -0.2) is 9.97 Å². The smallest absolute Gasteiger partial charge is 0.128 e. The van der Waals surface area contributed by atoms with E-state index in [4.69, 9.17) is 15.5 Å². The lowest BCUT2D eigenvalue weighted by atomic mass is 9.94. The van der Waals surface area contributed by atoms with E-state index in [-0.39, 0.29) is 12.4 Å². The summed E-state index contributed by atoms with van der Waals surface area (Å²) in [7, 11) is 0. The molecule has 6 heteroatoms. The molecular formula is C22H25ClN4O. The van der Waals surface area contributed by atoms with Crippen molar-refractivity contribution in [2.75, 3.05) is 36.9 Å². The van der Waals surface area contributed by atoms with E-state index in [1.54, 1.807) is 0 Å². The zero-order valence-electron chi connectivity index (χ0n) is 16.0. The lowest BCUT2D eigenvalue weighted by Gasteiger charge is -2.27. The van der Waals surface area contributed by atoms with Gasteiger partial charge in [0.25, 0.3) is 0 Å². The van der Waals surface area contributed by atoms with E-state index in [0.717, 1.165) is 66.5 Å². The van der Waals surface area contributed by atoms with Gasteiger partial charge in [0.15, 0.2) is 0 Å². The van der Waals surface area contributed by atoms with E-state index in [0.29, 0.717) is 5.82 Å². The predicted molar refractivity (Wildman–Crippen MR) is 117 cm³/mol. The molecular weight excluding hydrogens is 372 g/mol. The van der Waals surface area contributed by atoms with Gasteiger partial charge in [-0.1, -0.05) is 31.2 Å². The number of pyridine rings is 2. The molecule has 1 saturated heterocycles. The van der Waals surface area contributed by atoms with Crippen LogP contribution in [0.4, 0.5) is 11.6 Å². The van der Waals surface area contributed by atoms with Crippen LogP contribution in [-0.4, -0.2) is 36.3 Å². The second kappa shape index (κ2) is 9.04. The van der Waals surface area contributed by atoms with Gasteiger partial charge in [-0.3, -0.25) is 0 Å². The topological polar surface area (TPSA) is 64.3 Å². The Morgan fingerprint density at radius 1 is 0.964 bits per heavy atom.